The fourth-order valence-corrected chi connectivity index (χ4v) is 2.62. The molecule has 0 aliphatic carbocycles. The summed E-state index contributed by atoms with van der Waals surface area (Å²) in [6.07, 6.45) is 1.56. The third-order valence-corrected chi connectivity index (χ3v) is 4.03. The number of anilines is 2. The second kappa shape index (κ2) is 9.12. The molecule has 1 aromatic heterocycles. The Balaban J connectivity index is 1.54. The molecule has 2 heterocycles. The highest BCUT2D eigenvalue weighted by Crippen LogP contribution is 2.19. The second-order valence-electron chi connectivity index (χ2n) is 5.83. The maximum absolute atomic E-state index is 12.3. The molecular weight excluding hydrogens is 334 g/mol. The first-order valence-corrected chi connectivity index (χ1v) is 8.57. The summed E-state index contributed by atoms with van der Waals surface area (Å²) in [5, 5.41) is 5.97. The van der Waals surface area contributed by atoms with E-state index in [0.29, 0.717) is 18.2 Å². The van der Waals surface area contributed by atoms with E-state index in [2.05, 4.69) is 25.5 Å². The number of methoxy groups -OCH3 is 1. The van der Waals surface area contributed by atoms with Crippen LogP contribution in [-0.2, 0) is 4.74 Å². The highest BCUT2D eigenvalue weighted by Gasteiger charge is 2.12. The Morgan fingerprint density at radius 1 is 1.31 bits per heavy atom. The third kappa shape index (κ3) is 5.14. The van der Waals surface area contributed by atoms with Gasteiger partial charge in [-0.15, -0.1) is 0 Å². The molecule has 1 amide bonds. The summed E-state index contributed by atoms with van der Waals surface area (Å²) >= 11 is 0. The fraction of sp³-hybridized carbons (Fsp3) is 0.389. The van der Waals surface area contributed by atoms with Crippen LogP contribution in [0.1, 0.15) is 10.5 Å². The van der Waals surface area contributed by atoms with Crippen LogP contribution < -0.4 is 15.4 Å². The van der Waals surface area contributed by atoms with E-state index in [-0.39, 0.29) is 5.91 Å². The lowest BCUT2D eigenvalue weighted by Crippen LogP contribution is -2.41. The highest BCUT2D eigenvalue weighted by molar-refractivity contribution is 5.92. The van der Waals surface area contributed by atoms with Crippen molar-refractivity contribution >= 4 is 17.5 Å². The van der Waals surface area contributed by atoms with E-state index < -0.39 is 0 Å². The minimum absolute atomic E-state index is 0.214. The number of carbonyl (C=O) groups excluding carboxylic acids is 1. The summed E-state index contributed by atoms with van der Waals surface area (Å²) in [6.45, 7) is 4.67. The van der Waals surface area contributed by atoms with Gasteiger partial charge in [-0.05, 0) is 18.2 Å². The summed E-state index contributed by atoms with van der Waals surface area (Å²) in [7, 11) is 1.61. The summed E-state index contributed by atoms with van der Waals surface area (Å²) in [4.78, 5) is 23.0. The number of hydrogen-bond acceptors (Lipinski definition) is 7. The Kier molecular flexibility index (Phi) is 6.34. The van der Waals surface area contributed by atoms with Crippen molar-refractivity contribution in [3.8, 4) is 5.75 Å². The van der Waals surface area contributed by atoms with Gasteiger partial charge in [0.05, 0.1) is 20.3 Å². The van der Waals surface area contributed by atoms with Crippen LogP contribution in [0.5, 0.6) is 5.75 Å². The Morgan fingerprint density at radius 3 is 2.96 bits per heavy atom. The standard InChI is InChI=1S/C18H23N5O3/c1-25-15-4-2-3-14(13-15)21-18-20-6-5-16(22-18)17(24)19-7-8-23-9-11-26-12-10-23/h2-6,13H,7-12H2,1H3,(H,19,24)(H,20,21,22). The smallest absolute Gasteiger partial charge is 0.270 e. The molecule has 2 aromatic rings. The number of carbonyl (C=O) groups is 1. The molecule has 0 spiro atoms. The molecule has 0 radical (unpaired) electrons. The number of hydrogen-bond donors (Lipinski definition) is 2. The van der Waals surface area contributed by atoms with E-state index >= 15 is 0 Å². The van der Waals surface area contributed by atoms with Crippen molar-refractivity contribution in [1.29, 1.82) is 0 Å². The van der Waals surface area contributed by atoms with Crippen LogP contribution in [0.25, 0.3) is 0 Å². The minimum atomic E-state index is -0.214. The molecule has 8 heteroatoms. The maximum atomic E-state index is 12.3. The van der Waals surface area contributed by atoms with Gasteiger partial charge in [0.25, 0.3) is 5.91 Å². The van der Waals surface area contributed by atoms with Crippen molar-refractivity contribution in [2.45, 2.75) is 0 Å². The quantitative estimate of drug-likeness (QED) is 0.772. The van der Waals surface area contributed by atoms with Crippen molar-refractivity contribution in [1.82, 2.24) is 20.2 Å². The minimum Gasteiger partial charge on any atom is -0.497 e. The first-order chi connectivity index (χ1) is 12.7. The van der Waals surface area contributed by atoms with Crippen LogP contribution in [-0.4, -0.2) is 67.3 Å². The monoisotopic (exact) mass is 357 g/mol. The zero-order valence-corrected chi connectivity index (χ0v) is 14.8. The van der Waals surface area contributed by atoms with Crippen molar-refractivity contribution in [2.24, 2.45) is 0 Å². The lowest BCUT2D eigenvalue weighted by atomic mass is 10.3. The van der Waals surface area contributed by atoms with E-state index in [1.165, 1.54) is 0 Å². The number of aromatic nitrogens is 2. The molecule has 0 unspecified atom stereocenters. The predicted molar refractivity (Wildman–Crippen MR) is 97.9 cm³/mol. The molecule has 1 fully saturated rings. The van der Waals surface area contributed by atoms with Gasteiger partial charge in [0, 0.05) is 44.1 Å². The number of morpholine rings is 1. The number of nitrogens with one attached hydrogen (secondary N) is 2. The van der Waals surface area contributed by atoms with Gasteiger partial charge >= 0.3 is 0 Å². The second-order valence-corrected chi connectivity index (χ2v) is 5.83. The van der Waals surface area contributed by atoms with E-state index in [4.69, 9.17) is 9.47 Å². The first kappa shape index (κ1) is 18.1. The number of rotatable bonds is 7. The van der Waals surface area contributed by atoms with Gasteiger partial charge in [0.1, 0.15) is 11.4 Å². The largest absolute Gasteiger partial charge is 0.497 e. The third-order valence-electron chi connectivity index (χ3n) is 4.03. The van der Waals surface area contributed by atoms with Crippen LogP contribution in [0, 0.1) is 0 Å². The Morgan fingerprint density at radius 2 is 2.15 bits per heavy atom. The van der Waals surface area contributed by atoms with Gasteiger partial charge in [-0.2, -0.15) is 0 Å². The van der Waals surface area contributed by atoms with E-state index in [0.717, 1.165) is 44.3 Å². The lowest BCUT2D eigenvalue weighted by Gasteiger charge is -2.26. The van der Waals surface area contributed by atoms with E-state index in [1.54, 1.807) is 19.4 Å². The number of benzene rings is 1. The molecule has 0 atom stereocenters. The zero-order valence-electron chi connectivity index (χ0n) is 14.8. The maximum Gasteiger partial charge on any atom is 0.270 e. The van der Waals surface area contributed by atoms with E-state index in [9.17, 15) is 4.79 Å². The molecule has 2 N–H and O–H groups in total. The average molecular weight is 357 g/mol. The fourth-order valence-electron chi connectivity index (χ4n) is 2.62. The predicted octanol–water partition coefficient (Wildman–Crippen LogP) is 1.29. The SMILES string of the molecule is COc1cccc(Nc2nccc(C(=O)NCCN3CCOCC3)n2)c1. The average Bonchev–Trinajstić information content (AvgIpc) is 2.69. The molecule has 1 aliphatic rings. The molecular formula is C18H23N5O3. The first-order valence-electron chi connectivity index (χ1n) is 8.57. The summed E-state index contributed by atoms with van der Waals surface area (Å²) in [5.74, 6) is 0.875. The van der Waals surface area contributed by atoms with Crippen molar-refractivity contribution in [2.75, 3.05) is 51.8 Å². The molecule has 1 aliphatic heterocycles. The Hall–Kier alpha value is -2.71. The van der Waals surface area contributed by atoms with Crippen LogP contribution in [0.4, 0.5) is 11.6 Å². The van der Waals surface area contributed by atoms with Gasteiger partial charge in [-0.25, -0.2) is 9.97 Å². The Labute approximate surface area is 152 Å². The van der Waals surface area contributed by atoms with Crippen molar-refractivity contribution < 1.29 is 14.3 Å². The van der Waals surface area contributed by atoms with Crippen molar-refractivity contribution in [3.05, 3.63) is 42.2 Å². The van der Waals surface area contributed by atoms with Crippen LogP contribution in [0.15, 0.2) is 36.5 Å². The van der Waals surface area contributed by atoms with Gasteiger partial charge in [0.15, 0.2) is 0 Å². The van der Waals surface area contributed by atoms with Gasteiger partial charge < -0.3 is 20.1 Å². The highest BCUT2D eigenvalue weighted by atomic mass is 16.5. The number of amides is 1. The Bertz CT molecular complexity index is 734. The summed E-state index contributed by atoms with van der Waals surface area (Å²) in [6, 6.07) is 9.02. The van der Waals surface area contributed by atoms with Gasteiger partial charge in [-0.3, -0.25) is 9.69 Å². The number of ether oxygens (including phenoxy) is 2. The van der Waals surface area contributed by atoms with Crippen LogP contribution in [0.3, 0.4) is 0 Å². The van der Waals surface area contributed by atoms with Crippen molar-refractivity contribution in [3.63, 3.8) is 0 Å². The van der Waals surface area contributed by atoms with Gasteiger partial charge in [-0.1, -0.05) is 6.07 Å². The molecule has 0 saturated carbocycles. The van der Waals surface area contributed by atoms with Crippen LogP contribution >= 0.6 is 0 Å². The molecule has 1 aromatic carbocycles. The molecule has 138 valence electrons. The molecule has 3 rings (SSSR count). The molecule has 26 heavy (non-hydrogen) atoms. The zero-order chi connectivity index (χ0) is 18.2. The summed E-state index contributed by atoms with van der Waals surface area (Å²) < 4.78 is 10.5. The van der Waals surface area contributed by atoms with E-state index in [1.807, 2.05) is 24.3 Å². The number of nitrogens with zero attached hydrogens (tertiary/aromatic N) is 3. The normalized spacial score (nSPS) is 14.7. The van der Waals surface area contributed by atoms with Gasteiger partial charge in [0.2, 0.25) is 5.95 Å². The topological polar surface area (TPSA) is 88.6 Å². The van der Waals surface area contributed by atoms with Crippen LogP contribution in [0.2, 0.25) is 0 Å². The molecule has 8 nitrogen and oxygen atoms in total. The summed E-state index contributed by atoms with van der Waals surface area (Å²) in [5.41, 5.74) is 1.11. The lowest BCUT2D eigenvalue weighted by molar-refractivity contribution is 0.0383. The molecule has 0 bridgehead atoms. The molecule has 1 saturated heterocycles.